The summed E-state index contributed by atoms with van der Waals surface area (Å²) in [5, 5.41) is 3.45. The van der Waals surface area contributed by atoms with Crippen molar-refractivity contribution < 1.29 is 4.74 Å². The minimum Gasteiger partial charge on any atom is -0.497 e. The van der Waals surface area contributed by atoms with E-state index in [1.165, 1.54) is 12.8 Å². The maximum atomic E-state index is 5.17. The summed E-state index contributed by atoms with van der Waals surface area (Å²) in [6, 6.07) is 8.61. The van der Waals surface area contributed by atoms with Gasteiger partial charge in [0, 0.05) is 17.9 Å². The van der Waals surface area contributed by atoms with E-state index >= 15 is 0 Å². The first-order valence-corrected chi connectivity index (χ1v) is 6.23. The number of hydrogen-bond acceptors (Lipinski definition) is 3. The molecular weight excluding hydrogens is 226 g/mol. The molecule has 0 saturated heterocycles. The van der Waals surface area contributed by atoms with Crippen molar-refractivity contribution in [1.29, 1.82) is 0 Å². The molecule has 1 aromatic carbocycles. The van der Waals surface area contributed by atoms with Gasteiger partial charge in [-0.1, -0.05) is 0 Å². The normalized spacial score (nSPS) is 14.6. The Bertz CT molecular complexity index is 541. The van der Waals surface area contributed by atoms with E-state index in [1.54, 1.807) is 7.11 Å². The summed E-state index contributed by atoms with van der Waals surface area (Å²) in [5.41, 5.74) is 2.12. The van der Waals surface area contributed by atoms with Gasteiger partial charge in [0.25, 0.3) is 0 Å². The molecule has 1 saturated carbocycles. The molecule has 94 valence electrons. The van der Waals surface area contributed by atoms with Gasteiger partial charge in [0.05, 0.1) is 12.8 Å². The van der Waals surface area contributed by atoms with E-state index in [-0.39, 0.29) is 0 Å². The molecule has 3 rings (SSSR count). The average Bonchev–Trinajstić information content (AvgIpc) is 3.12. The highest BCUT2D eigenvalue weighted by atomic mass is 16.5. The Labute approximate surface area is 107 Å². The second kappa shape index (κ2) is 4.37. The number of imidazole rings is 1. The highest BCUT2D eigenvalue weighted by Crippen LogP contribution is 2.26. The van der Waals surface area contributed by atoms with Crippen LogP contribution in [0.5, 0.6) is 5.75 Å². The zero-order valence-corrected chi connectivity index (χ0v) is 10.7. The zero-order chi connectivity index (χ0) is 12.5. The Hall–Kier alpha value is -1.97. The van der Waals surface area contributed by atoms with E-state index < -0.39 is 0 Å². The van der Waals surface area contributed by atoms with Crippen LogP contribution in [-0.4, -0.2) is 22.7 Å². The van der Waals surface area contributed by atoms with Crippen LogP contribution in [0.2, 0.25) is 0 Å². The molecule has 0 bridgehead atoms. The minimum absolute atomic E-state index is 0.601. The molecule has 0 radical (unpaired) electrons. The van der Waals surface area contributed by atoms with Crippen LogP contribution in [-0.2, 0) is 0 Å². The lowest BCUT2D eigenvalue weighted by Gasteiger charge is -2.09. The van der Waals surface area contributed by atoms with Crippen LogP contribution >= 0.6 is 0 Å². The third-order valence-corrected chi connectivity index (χ3v) is 3.09. The lowest BCUT2D eigenvalue weighted by atomic mass is 10.3. The molecule has 1 heterocycles. The number of rotatable bonds is 4. The summed E-state index contributed by atoms with van der Waals surface area (Å²) in [7, 11) is 1.68. The second-order valence-corrected chi connectivity index (χ2v) is 4.69. The first-order valence-electron chi connectivity index (χ1n) is 6.23. The summed E-state index contributed by atoms with van der Waals surface area (Å²) < 4.78 is 7.26. The van der Waals surface area contributed by atoms with E-state index in [0.717, 1.165) is 23.1 Å². The van der Waals surface area contributed by atoms with Crippen LogP contribution in [0.3, 0.4) is 0 Å². The average molecular weight is 243 g/mol. The van der Waals surface area contributed by atoms with E-state index in [4.69, 9.17) is 4.74 Å². The third-order valence-electron chi connectivity index (χ3n) is 3.09. The molecule has 1 aliphatic carbocycles. The molecule has 0 aliphatic heterocycles. The smallest absolute Gasteiger partial charge is 0.207 e. The Balaban J connectivity index is 1.93. The number of hydrogen-bond donors (Lipinski definition) is 1. The number of benzene rings is 1. The SMILES string of the molecule is COc1ccc(-n2cc(C)nc2NC2CC2)cc1. The van der Waals surface area contributed by atoms with Gasteiger partial charge in [-0.05, 0) is 44.0 Å². The Morgan fingerprint density at radius 3 is 2.61 bits per heavy atom. The van der Waals surface area contributed by atoms with E-state index in [9.17, 15) is 0 Å². The monoisotopic (exact) mass is 243 g/mol. The summed E-state index contributed by atoms with van der Waals surface area (Å²) >= 11 is 0. The number of aromatic nitrogens is 2. The molecule has 18 heavy (non-hydrogen) atoms. The van der Waals surface area contributed by atoms with E-state index in [2.05, 4.69) is 14.9 Å². The fraction of sp³-hybridized carbons (Fsp3) is 0.357. The summed E-state index contributed by atoms with van der Waals surface area (Å²) in [6.45, 7) is 2.01. The maximum absolute atomic E-state index is 5.17. The maximum Gasteiger partial charge on any atom is 0.207 e. The quantitative estimate of drug-likeness (QED) is 0.897. The molecule has 0 atom stereocenters. The fourth-order valence-electron chi connectivity index (χ4n) is 1.95. The van der Waals surface area contributed by atoms with Crippen molar-refractivity contribution in [2.75, 3.05) is 12.4 Å². The van der Waals surface area contributed by atoms with Gasteiger partial charge in [-0.15, -0.1) is 0 Å². The van der Waals surface area contributed by atoms with Gasteiger partial charge in [0.1, 0.15) is 5.75 Å². The van der Waals surface area contributed by atoms with Crippen LogP contribution in [0.1, 0.15) is 18.5 Å². The van der Waals surface area contributed by atoms with Crippen LogP contribution in [0.4, 0.5) is 5.95 Å². The minimum atomic E-state index is 0.601. The van der Waals surface area contributed by atoms with Crippen molar-refractivity contribution in [2.45, 2.75) is 25.8 Å². The second-order valence-electron chi connectivity index (χ2n) is 4.69. The lowest BCUT2D eigenvalue weighted by Crippen LogP contribution is -2.07. The number of ether oxygens (including phenoxy) is 1. The van der Waals surface area contributed by atoms with Gasteiger partial charge >= 0.3 is 0 Å². The molecule has 0 spiro atoms. The molecule has 0 amide bonds. The number of anilines is 1. The molecule has 1 N–H and O–H groups in total. The largest absolute Gasteiger partial charge is 0.497 e. The van der Waals surface area contributed by atoms with Gasteiger partial charge in [0.15, 0.2) is 0 Å². The molecule has 1 aromatic heterocycles. The number of nitrogens with one attached hydrogen (secondary N) is 1. The van der Waals surface area contributed by atoms with Crippen molar-refractivity contribution in [2.24, 2.45) is 0 Å². The van der Waals surface area contributed by atoms with Crippen LogP contribution in [0.25, 0.3) is 5.69 Å². The number of nitrogens with zero attached hydrogens (tertiary/aromatic N) is 2. The molecule has 2 aromatic rings. The molecule has 1 fully saturated rings. The Morgan fingerprint density at radius 2 is 2.00 bits per heavy atom. The van der Waals surface area contributed by atoms with Crippen LogP contribution < -0.4 is 10.1 Å². The topological polar surface area (TPSA) is 39.1 Å². The number of aryl methyl sites for hydroxylation is 1. The molecular formula is C14H17N3O. The zero-order valence-electron chi connectivity index (χ0n) is 10.7. The predicted octanol–water partition coefficient (Wildman–Crippen LogP) is 2.76. The van der Waals surface area contributed by atoms with Gasteiger partial charge in [-0.2, -0.15) is 0 Å². The lowest BCUT2D eigenvalue weighted by molar-refractivity contribution is 0.415. The Morgan fingerprint density at radius 1 is 1.28 bits per heavy atom. The standard InChI is InChI=1S/C14H17N3O/c1-10-9-17(14(15-10)16-11-3-4-11)12-5-7-13(18-2)8-6-12/h5-9,11H,3-4H2,1-2H3,(H,15,16). The van der Waals surface area contributed by atoms with Crippen LogP contribution in [0.15, 0.2) is 30.5 Å². The molecule has 4 heteroatoms. The summed E-state index contributed by atoms with van der Waals surface area (Å²) in [4.78, 5) is 4.53. The predicted molar refractivity (Wildman–Crippen MR) is 71.5 cm³/mol. The third kappa shape index (κ3) is 2.18. The molecule has 4 nitrogen and oxygen atoms in total. The van der Waals surface area contributed by atoms with Crippen molar-refractivity contribution in [3.63, 3.8) is 0 Å². The van der Waals surface area contributed by atoms with Gasteiger partial charge in [-0.3, -0.25) is 4.57 Å². The Kier molecular flexibility index (Phi) is 2.70. The molecule has 1 aliphatic rings. The summed E-state index contributed by atoms with van der Waals surface area (Å²) in [6.07, 6.45) is 4.54. The van der Waals surface area contributed by atoms with Gasteiger partial charge in [-0.25, -0.2) is 4.98 Å². The van der Waals surface area contributed by atoms with E-state index in [1.807, 2.05) is 37.4 Å². The highest BCUT2D eigenvalue weighted by Gasteiger charge is 2.23. The van der Waals surface area contributed by atoms with Crippen molar-refractivity contribution >= 4 is 5.95 Å². The van der Waals surface area contributed by atoms with Crippen LogP contribution in [0, 0.1) is 6.92 Å². The summed E-state index contributed by atoms with van der Waals surface area (Å²) in [5.74, 6) is 1.80. The molecule has 0 unspecified atom stereocenters. The number of methoxy groups -OCH3 is 1. The van der Waals surface area contributed by atoms with Crippen molar-refractivity contribution in [3.8, 4) is 11.4 Å². The first kappa shape index (κ1) is 11.1. The van der Waals surface area contributed by atoms with E-state index in [0.29, 0.717) is 6.04 Å². The highest BCUT2D eigenvalue weighted by molar-refractivity contribution is 5.46. The van der Waals surface area contributed by atoms with Gasteiger partial charge in [0.2, 0.25) is 5.95 Å². The first-order chi connectivity index (χ1) is 8.76. The van der Waals surface area contributed by atoms with Gasteiger partial charge < -0.3 is 10.1 Å². The van der Waals surface area contributed by atoms with Crippen molar-refractivity contribution in [1.82, 2.24) is 9.55 Å². The fourth-order valence-corrected chi connectivity index (χ4v) is 1.95. The van der Waals surface area contributed by atoms with Crippen molar-refractivity contribution in [3.05, 3.63) is 36.2 Å².